The van der Waals surface area contributed by atoms with Gasteiger partial charge in [0, 0.05) is 12.6 Å². The average Bonchev–Trinajstić information content (AvgIpc) is 3.36. The highest BCUT2D eigenvalue weighted by Crippen LogP contribution is 2.48. The lowest BCUT2D eigenvalue weighted by Gasteiger charge is -2.32. The van der Waals surface area contributed by atoms with E-state index < -0.39 is 22.0 Å². The lowest BCUT2D eigenvalue weighted by molar-refractivity contribution is -0.124. The monoisotopic (exact) mass is 437 g/mol. The van der Waals surface area contributed by atoms with Gasteiger partial charge in [0.15, 0.2) is 0 Å². The minimum absolute atomic E-state index is 0.0362. The number of hydrogen-bond acceptors (Lipinski definition) is 6. The molecule has 4 rings (SSSR count). The summed E-state index contributed by atoms with van der Waals surface area (Å²) in [5, 5.41) is 11.1. The number of hydrogen-bond donors (Lipinski definition) is 1. The van der Waals surface area contributed by atoms with Gasteiger partial charge in [-0.05, 0) is 54.5 Å². The standard InChI is InChI=1S/C20H23NO4S3/c22-17-10-9-15(20-26-12-5-13-27-20)18(17)19(23)16-8-4-11-21(16)28(24,25)14-6-2-1-3-7-14/h1-4,6-8,11,15,18-20,23H,5,9-10,12-13H2. The van der Waals surface area contributed by atoms with E-state index in [1.54, 1.807) is 30.3 Å². The second kappa shape index (κ2) is 8.26. The Bertz CT molecular complexity index is 935. The molecule has 150 valence electrons. The summed E-state index contributed by atoms with van der Waals surface area (Å²) in [4.78, 5) is 12.8. The molecular formula is C20H23NO4S3. The fourth-order valence-corrected chi connectivity index (χ4v) is 8.82. The molecule has 2 fully saturated rings. The first-order valence-corrected chi connectivity index (χ1v) is 13.0. The minimum Gasteiger partial charge on any atom is -0.386 e. The smallest absolute Gasteiger partial charge is 0.267 e. The maximum Gasteiger partial charge on any atom is 0.267 e. The maximum atomic E-state index is 13.1. The molecule has 0 spiro atoms. The molecule has 5 nitrogen and oxygen atoms in total. The van der Waals surface area contributed by atoms with Crippen molar-refractivity contribution in [2.45, 2.75) is 34.8 Å². The van der Waals surface area contributed by atoms with Crippen molar-refractivity contribution in [2.24, 2.45) is 11.8 Å². The fraction of sp³-hybridized carbons (Fsp3) is 0.450. The molecule has 2 aliphatic rings. The molecule has 3 atom stereocenters. The first-order chi connectivity index (χ1) is 13.5. The van der Waals surface area contributed by atoms with Gasteiger partial charge in [-0.1, -0.05) is 18.2 Å². The zero-order chi connectivity index (χ0) is 19.7. The molecule has 3 unspecified atom stereocenters. The van der Waals surface area contributed by atoms with Gasteiger partial charge in [-0.3, -0.25) is 4.79 Å². The van der Waals surface area contributed by atoms with E-state index in [1.165, 1.54) is 18.3 Å². The molecule has 1 aromatic carbocycles. The van der Waals surface area contributed by atoms with Crippen molar-refractivity contribution in [3.8, 4) is 0 Å². The van der Waals surface area contributed by atoms with Gasteiger partial charge < -0.3 is 5.11 Å². The van der Waals surface area contributed by atoms with Crippen LogP contribution in [0.25, 0.3) is 0 Å². The van der Waals surface area contributed by atoms with Crippen molar-refractivity contribution in [3.63, 3.8) is 0 Å². The van der Waals surface area contributed by atoms with Crippen LogP contribution in [0, 0.1) is 11.8 Å². The van der Waals surface area contributed by atoms with E-state index in [0.29, 0.717) is 6.42 Å². The van der Waals surface area contributed by atoms with Crippen molar-refractivity contribution in [1.29, 1.82) is 0 Å². The van der Waals surface area contributed by atoms with Crippen LogP contribution >= 0.6 is 23.5 Å². The highest BCUT2D eigenvalue weighted by Gasteiger charge is 2.45. The van der Waals surface area contributed by atoms with Gasteiger partial charge in [0.2, 0.25) is 0 Å². The third kappa shape index (κ3) is 3.67. The van der Waals surface area contributed by atoms with E-state index in [4.69, 9.17) is 0 Å². The van der Waals surface area contributed by atoms with E-state index >= 15 is 0 Å². The molecule has 1 aliphatic heterocycles. The number of benzene rings is 1. The normalized spacial score (nSPS) is 25.1. The second-order valence-corrected chi connectivity index (χ2v) is 11.8. The van der Waals surface area contributed by atoms with Gasteiger partial charge in [0.1, 0.15) is 11.9 Å². The summed E-state index contributed by atoms with van der Waals surface area (Å²) >= 11 is 3.72. The summed E-state index contributed by atoms with van der Waals surface area (Å²) in [6.45, 7) is 0. The van der Waals surface area contributed by atoms with Gasteiger partial charge >= 0.3 is 0 Å². The summed E-state index contributed by atoms with van der Waals surface area (Å²) < 4.78 is 27.5. The van der Waals surface area contributed by atoms with Gasteiger partial charge in [-0.15, -0.1) is 23.5 Å². The van der Waals surface area contributed by atoms with Gasteiger partial charge in [-0.2, -0.15) is 0 Å². The van der Waals surface area contributed by atoms with Crippen LogP contribution < -0.4 is 0 Å². The number of carbonyl (C=O) groups is 1. The van der Waals surface area contributed by atoms with Gasteiger partial charge in [0.25, 0.3) is 10.0 Å². The Hall–Kier alpha value is -1.22. The zero-order valence-corrected chi connectivity index (χ0v) is 17.8. The molecule has 0 amide bonds. The van der Waals surface area contributed by atoms with E-state index in [0.717, 1.165) is 28.3 Å². The maximum absolute atomic E-state index is 13.1. The number of aromatic nitrogens is 1. The number of aliphatic hydroxyl groups is 1. The van der Waals surface area contributed by atoms with E-state index in [2.05, 4.69) is 0 Å². The third-order valence-electron chi connectivity index (χ3n) is 5.45. The molecule has 1 N–H and O–H groups in total. The van der Waals surface area contributed by atoms with Crippen LogP contribution in [0.15, 0.2) is 53.6 Å². The number of carbonyl (C=O) groups excluding carboxylic acids is 1. The summed E-state index contributed by atoms with van der Waals surface area (Å²) in [6.07, 6.45) is 2.70. The van der Waals surface area contributed by atoms with Crippen molar-refractivity contribution in [3.05, 3.63) is 54.4 Å². The fourth-order valence-electron chi connectivity index (χ4n) is 4.08. The Morgan fingerprint density at radius 1 is 1.07 bits per heavy atom. The quantitative estimate of drug-likeness (QED) is 0.771. The number of ketones is 1. The molecule has 1 aromatic heterocycles. The molecule has 0 radical (unpaired) electrons. The number of rotatable bonds is 5. The Balaban J connectivity index is 1.66. The molecule has 2 heterocycles. The first kappa shape index (κ1) is 20.1. The minimum atomic E-state index is -3.83. The van der Waals surface area contributed by atoms with Crippen molar-refractivity contribution < 1.29 is 18.3 Å². The Morgan fingerprint density at radius 3 is 2.50 bits per heavy atom. The summed E-state index contributed by atoms with van der Waals surface area (Å²) in [6, 6.07) is 11.4. The van der Waals surface area contributed by atoms with Crippen LogP contribution in [0.4, 0.5) is 0 Å². The van der Waals surface area contributed by atoms with Crippen LogP contribution in [0.2, 0.25) is 0 Å². The van der Waals surface area contributed by atoms with Crippen LogP contribution in [-0.2, 0) is 14.8 Å². The second-order valence-electron chi connectivity index (χ2n) is 7.15. The molecule has 2 aromatic rings. The van der Waals surface area contributed by atoms with Crippen LogP contribution in [0.3, 0.4) is 0 Å². The number of aliphatic hydroxyl groups excluding tert-OH is 1. The molecule has 1 aliphatic carbocycles. The SMILES string of the molecule is O=C1CCC(C2SCCCS2)C1C(O)c1cccn1S(=O)(=O)c1ccccc1. The first-order valence-electron chi connectivity index (χ1n) is 9.42. The number of nitrogens with zero attached hydrogens (tertiary/aromatic N) is 1. The predicted molar refractivity (Wildman–Crippen MR) is 113 cm³/mol. The van der Waals surface area contributed by atoms with Crippen LogP contribution in [0.1, 0.15) is 31.1 Å². The zero-order valence-electron chi connectivity index (χ0n) is 15.3. The summed E-state index contributed by atoms with van der Waals surface area (Å²) in [5.41, 5.74) is 0.264. The van der Waals surface area contributed by atoms with Crippen LogP contribution in [0.5, 0.6) is 0 Å². The Morgan fingerprint density at radius 2 is 1.79 bits per heavy atom. The van der Waals surface area contributed by atoms with E-state index in [-0.39, 0.29) is 26.9 Å². The summed E-state index contributed by atoms with van der Waals surface area (Å²) in [5.74, 6) is 1.70. The molecule has 8 heteroatoms. The van der Waals surface area contributed by atoms with Crippen molar-refractivity contribution in [1.82, 2.24) is 3.97 Å². The Kier molecular flexibility index (Phi) is 5.92. The average molecular weight is 438 g/mol. The van der Waals surface area contributed by atoms with Gasteiger partial charge in [-0.25, -0.2) is 12.4 Å². The topological polar surface area (TPSA) is 76.4 Å². The Labute approximate surface area is 174 Å². The van der Waals surface area contributed by atoms with Crippen molar-refractivity contribution in [2.75, 3.05) is 11.5 Å². The largest absolute Gasteiger partial charge is 0.386 e. The molecular weight excluding hydrogens is 414 g/mol. The third-order valence-corrected chi connectivity index (χ3v) is 10.4. The number of Topliss-reactive ketones (excluding diaryl/α,β-unsaturated/α-hetero) is 1. The highest BCUT2D eigenvalue weighted by molar-refractivity contribution is 8.17. The van der Waals surface area contributed by atoms with Crippen molar-refractivity contribution >= 4 is 39.3 Å². The van der Waals surface area contributed by atoms with E-state index in [9.17, 15) is 18.3 Å². The number of thioether (sulfide) groups is 2. The van der Waals surface area contributed by atoms with Gasteiger partial charge in [0.05, 0.1) is 21.1 Å². The predicted octanol–water partition coefficient (Wildman–Crippen LogP) is 3.55. The lowest BCUT2D eigenvalue weighted by atomic mass is 9.89. The molecule has 0 bridgehead atoms. The highest BCUT2D eigenvalue weighted by atomic mass is 32.2. The molecule has 28 heavy (non-hydrogen) atoms. The van der Waals surface area contributed by atoms with E-state index in [1.807, 2.05) is 23.5 Å². The molecule has 1 saturated heterocycles. The lowest BCUT2D eigenvalue weighted by Crippen LogP contribution is -2.31. The van der Waals surface area contributed by atoms with Crippen LogP contribution in [-0.4, -0.2) is 39.4 Å². The molecule has 1 saturated carbocycles. The summed E-state index contributed by atoms with van der Waals surface area (Å²) in [7, 11) is -3.83.